The van der Waals surface area contributed by atoms with Crippen LogP contribution in [0.15, 0.2) is 95.5 Å². The fourth-order valence-electron chi connectivity index (χ4n) is 7.70. The quantitative estimate of drug-likeness (QED) is 0.133. The number of amides is 2. The summed E-state index contributed by atoms with van der Waals surface area (Å²) in [4.78, 5) is 51.0. The van der Waals surface area contributed by atoms with Gasteiger partial charge in [-0.1, -0.05) is 36.4 Å². The summed E-state index contributed by atoms with van der Waals surface area (Å²) in [6.45, 7) is 7.20. The number of nitrogens with one attached hydrogen (secondary N) is 1. The van der Waals surface area contributed by atoms with E-state index in [2.05, 4.69) is 15.3 Å². The number of carbonyl (C=O) groups is 3. The molecule has 0 spiro atoms. The zero-order chi connectivity index (χ0) is 42.9. The first-order valence-electron chi connectivity index (χ1n) is 19.7. The molecule has 4 aromatic carbocycles. The van der Waals surface area contributed by atoms with Crippen molar-refractivity contribution in [3.8, 4) is 28.4 Å². The molecule has 8 rings (SSSR count). The van der Waals surface area contributed by atoms with Gasteiger partial charge in [-0.2, -0.15) is 0 Å². The molecule has 2 N–H and O–H groups in total. The third kappa shape index (κ3) is 8.65. The SMILES string of the molecule is Cc1nc(C(=O)N2Cc3cc4c(cc3C[C@H]2C(=O)N[C@@H](Cc2ccc(-c3ccnc(C)c3C)cc2)C(=O)O)OC[C@H](c2ccc(OCc3cc(F)ccc3F)cc2)O4)c(C)o1. The highest BCUT2D eigenvalue weighted by Crippen LogP contribution is 2.41. The van der Waals surface area contributed by atoms with Crippen LogP contribution in [0.3, 0.4) is 0 Å². The Hall–Kier alpha value is -7.09. The summed E-state index contributed by atoms with van der Waals surface area (Å²) < 4.78 is 51.5. The Morgan fingerprint density at radius 3 is 2.41 bits per heavy atom. The van der Waals surface area contributed by atoms with E-state index < -0.39 is 47.6 Å². The van der Waals surface area contributed by atoms with Crippen molar-refractivity contribution in [2.24, 2.45) is 0 Å². The summed E-state index contributed by atoms with van der Waals surface area (Å²) in [6, 6.07) is 20.9. The van der Waals surface area contributed by atoms with E-state index in [1.807, 2.05) is 44.2 Å². The van der Waals surface area contributed by atoms with E-state index in [1.165, 1.54) is 4.90 Å². The van der Waals surface area contributed by atoms with Crippen LogP contribution in [-0.2, 0) is 35.6 Å². The van der Waals surface area contributed by atoms with Gasteiger partial charge in [-0.15, -0.1) is 0 Å². The van der Waals surface area contributed by atoms with Crippen molar-refractivity contribution in [3.05, 3.63) is 159 Å². The topological polar surface area (TPSA) is 153 Å². The molecule has 4 heterocycles. The van der Waals surface area contributed by atoms with Crippen molar-refractivity contribution in [2.45, 2.75) is 71.9 Å². The number of carboxylic acids is 1. The number of carboxylic acid groups (broad SMARTS) is 1. The van der Waals surface area contributed by atoms with E-state index in [-0.39, 0.29) is 49.7 Å². The smallest absolute Gasteiger partial charge is 0.326 e. The van der Waals surface area contributed by atoms with Gasteiger partial charge < -0.3 is 34.0 Å². The number of halogens is 2. The maximum atomic E-state index is 14.2. The van der Waals surface area contributed by atoms with Gasteiger partial charge >= 0.3 is 5.97 Å². The van der Waals surface area contributed by atoms with Gasteiger partial charge in [0.05, 0.1) is 0 Å². The van der Waals surface area contributed by atoms with Crippen LogP contribution in [0.4, 0.5) is 8.78 Å². The number of hydrogen-bond acceptors (Lipinski definition) is 9. The zero-order valence-electron chi connectivity index (χ0n) is 33.8. The predicted molar refractivity (Wildman–Crippen MR) is 218 cm³/mol. The number of fused-ring (bicyclic) bond motifs is 2. The van der Waals surface area contributed by atoms with Crippen LogP contribution in [0.25, 0.3) is 11.1 Å². The second kappa shape index (κ2) is 16.9. The summed E-state index contributed by atoms with van der Waals surface area (Å²) in [7, 11) is 0. The summed E-state index contributed by atoms with van der Waals surface area (Å²) in [5, 5.41) is 13.0. The van der Waals surface area contributed by atoms with Crippen LogP contribution in [0.2, 0.25) is 0 Å². The van der Waals surface area contributed by atoms with Crippen LogP contribution < -0.4 is 19.5 Å². The Morgan fingerprint density at radius 1 is 0.934 bits per heavy atom. The number of benzene rings is 4. The molecule has 12 nitrogen and oxygen atoms in total. The average molecular weight is 829 g/mol. The summed E-state index contributed by atoms with van der Waals surface area (Å²) >= 11 is 0. The Labute approximate surface area is 350 Å². The van der Waals surface area contributed by atoms with Crippen molar-refractivity contribution in [1.82, 2.24) is 20.2 Å². The molecule has 0 fully saturated rings. The molecule has 0 aliphatic carbocycles. The van der Waals surface area contributed by atoms with Crippen LogP contribution in [0.5, 0.6) is 17.2 Å². The second-order valence-corrected chi connectivity index (χ2v) is 15.2. The molecule has 0 radical (unpaired) electrons. The average Bonchev–Trinajstić information content (AvgIpc) is 3.60. The molecule has 3 atom stereocenters. The first kappa shape index (κ1) is 40.7. The predicted octanol–water partition coefficient (Wildman–Crippen LogP) is 7.72. The summed E-state index contributed by atoms with van der Waals surface area (Å²) in [5.74, 6) is -1.58. The molecule has 312 valence electrons. The normalized spacial score (nSPS) is 16.1. The lowest BCUT2D eigenvalue weighted by Gasteiger charge is -2.37. The molecular weight excluding hydrogens is 787 g/mol. The Bertz CT molecular complexity index is 2650. The van der Waals surface area contributed by atoms with Gasteiger partial charge in [0.2, 0.25) is 5.91 Å². The Kier molecular flexibility index (Phi) is 11.3. The van der Waals surface area contributed by atoms with Gasteiger partial charge in [-0.05, 0) is 108 Å². The highest BCUT2D eigenvalue weighted by atomic mass is 19.1. The van der Waals surface area contributed by atoms with E-state index in [4.69, 9.17) is 18.6 Å². The highest BCUT2D eigenvalue weighted by Gasteiger charge is 2.39. The third-order valence-electron chi connectivity index (χ3n) is 11.2. The number of aliphatic carboxylic acids is 1. The minimum atomic E-state index is -1.29. The number of carbonyl (C=O) groups excluding carboxylic acids is 2. The summed E-state index contributed by atoms with van der Waals surface area (Å²) in [5.41, 5.74) is 7.04. The van der Waals surface area contributed by atoms with Crippen LogP contribution >= 0.6 is 0 Å². The molecule has 0 bridgehead atoms. The van der Waals surface area contributed by atoms with Gasteiger partial charge in [-0.3, -0.25) is 14.6 Å². The lowest BCUT2D eigenvalue weighted by Crippen LogP contribution is -2.56. The molecular formula is C47H42F2N4O8. The fourth-order valence-corrected chi connectivity index (χ4v) is 7.70. The van der Waals surface area contributed by atoms with E-state index in [0.717, 1.165) is 51.7 Å². The second-order valence-electron chi connectivity index (χ2n) is 15.2. The molecule has 0 unspecified atom stereocenters. The number of aromatic nitrogens is 2. The molecule has 6 aromatic rings. The molecule has 14 heteroatoms. The van der Waals surface area contributed by atoms with Gasteiger partial charge in [-0.25, -0.2) is 18.6 Å². The van der Waals surface area contributed by atoms with Crippen molar-refractivity contribution in [3.63, 3.8) is 0 Å². The lowest BCUT2D eigenvalue weighted by molar-refractivity contribution is -0.142. The van der Waals surface area contributed by atoms with Gasteiger partial charge in [0.25, 0.3) is 5.91 Å². The Balaban J connectivity index is 0.996. The molecule has 2 aliphatic heterocycles. The number of nitrogens with zero attached hydrogens (tertiary/aromatic N) is 3. The first-order valence-corrected chi connectivity index (χ1v) is 19.7. The molecule has 0 saturated heterocycles. The fraction of sp³-hybridized carbons (Fsp3) is 0.255. The van der Waals surface area contributed by atoms with Crippen molar-refractivity contribution >= 4 is 17.8 Å². The van der Waals surface area contributed by atoms with E-state index in [9.17, 15) is 28.3 Å². The van der Waals surface area contributed by atoms with Crippen LogP contribution in [0, 0.1) is 39.3 Å². The maximum Gasteiger partial charge on any atom is 0.326 e. The lowest BCUT2D eigenvalue weighted by atomic mass is 9.91. The van der Waals surface area contributed by atoms with Crippen LogP contribution in [0.1, 0.15) is 67.3 Å². The standard InChI is InChI=1S/C47H42F2N4O8/c1-25-26(2)50-16-15-37(25)30-7-5-29(6-8-30)17-39(47(56)57)52-45(54)40-19-32-20-41-42(21-33(32)22-53(40)46(55)44-27(3)60-28(4)51-44)61-43(24-59-41)31-9-12-36(13-10-31)58-23-34-18-35(48)11-14-38(34)49/h5-16,18,20-21,39-40,43H,17,19,22-24H2,1-4H3,(H,52,54)(H,56,57)/t39-,40-,43+/m0/s1. The van der Waals surface area contributed by atoms with Crippen molar-refractivity contribution in [1.29, 1.82) is 0 Å². The Morgan fingerprint density at radius 2 is 1.69 bits per heavy atom. The minimum absolute atomic E-state index is 0.00997. The summed E-state index contributed by atoms with van der Waals surface area (Å²) in [6.07, 6.45) is 1.32. The molecule has 2 aromatic heterocycles. The van der Waals surface area contributed by atoms with E-state index >= 15 is 0 Å². The molecule has 2 amide bonds. The molecule has 61 heavy (non-hydrogen) atoms. The third-order valence-corrected chi connectivity index (χ3v) is 11.2. The van der Waals surface area contributed by atoms with Gasteiger partial charge in [0.15, 0.2) is 29.2 Å². The number of rotatable bonds is 11. The number of hydrogen-bond donors (Lipinski definition) is 2. The molecule has 2 aliphatic rings. The largest absolute Gasteiger partial charge is 0.489 e. The minimum Gasteiger partial charge on any atom is -0.489 e. The van der Waals surface area contributed by atoms with E-state index in [1.54, 1.807) is 56.4 Å². The van der Waals surface area contributed by atoms with Crippen LogP contribution in [-0.4, -0.2) is 56.4 Å². The van der Waals surface area contributed by atoms with E-state index in [0.29, 0.717) is 34.1 Å². The number of aryl methyl sites for hydroxylation is 3. The van der Waals surface area contributed by atoms with Gasteiger partial charge in [0.1, 0.15) is 48.4 Å². The maximum absolute atomic E-state index is 14.2. The molecule has 0 saturated carbocycles. The van der Waals surface area contributed by atoms with Crippen molar-refractivity contribution < 1.29 is 46.9 Å². The highest BCUT2D eigenvalue weighted by molar-refractivity contribution is 5.98. The zero-order valence-corrected chi connectivity index (χ0v) is 33.8. The first-order chi connectivity index (χ1) is 29.3. The van der Waals surface area contributed by atoms with Gasteiger partial charge in [0, 0.05) is 43.8 Å². The number of pyridine rings is 1. The number of oxazole rings is 1. The number of ether oxygens (including phenoxy) is 3. The van der Waals surface area contributed by atoms with Crippen molar-refractivity contribution in [2.75, 3.05) is 6.61 Å². The monoisotopic (exact) mass is 828 g/mol.